The summed E-state index contributed by atoms with van der Waals surface area (Å²) in [5, 5.41) is 54.0. The molecule has 0 spiro atoms. The van der Waals surface area contributed by atoms with Crippen LogP contribution < -0.4 is 42.7 Å². The van der Waals surface area contributed by atoms with Gasteiger partial charge in [0.1, 0.15) is 0 Å². The van der Waals surface area contributed by atoms with E-state index in [1.807, 2.05) is 128 Å². The summed E-state index contributed by atoms with van der Waals surface area (Å²) >= 11 is 0. The van der Waals surface area contributed by atoms with Crippen molar-refractivity contribution in [2.45, 2.75) is 287 Å². The van der Waals surface area contributed by atoms with E-state index >= 15 is 0 Å². The Morgan fingerprint density at radius 2 is 0.405 bits per heavy atom. The fraction of sp³-hybridized carbons (Fsp3) is 0.520. The Balaban J connectivity index is 1.21. The minimum atomic E-state index is -0.694. The average molecular weight is 1580 g/mol. The van der Waals surface area contributed by atoms with E-state index in [1.54, 1.807) is 0 Å². The highest BCUT2D eigenvalue weighted by molar-refractivity contribution is 6.02. The van der Waals surface area contributed by atoms with Gasteiger partial charge < -0.3 is 61.6 Å². The van der Waals surface area contributed by atoms with Gasteiger partial charge >= 0.3 is 0 Å². The summed E-state index contributed by atoms with van der Waals surface area (Å²) in [6.07, 6.45) is 36.4. The molecule has 0 saturated heterocycles. The number of rotatable bonds is 52. The normalized spacial score (nSPS) is 12.7. The van der Waals surface area contributed by atoms with Crippen LogP contribution in [0.4, 0.5) is 22.7 Å². The Bertz CT molecular complexity index is 4080. The molecular weight excluding hydrogens is 1440 g/mol. The van der Waals surface area contributed by atoms with Crippen LogP contribution in [0, 0.1) is 21.7 Å². The maximum Gasteiger partial charge on any atom is 0.230 e. The maximum atomic E-state index is 15.0. The van der Waals surface area contributed by atoms with Gasteiger partial charge in [-0.3, -0.25) is 19.2 Å². The molecule has 628 valence electrons. The summed E-state index contributed by atoms with van der Waals surface area (Å²) in [7, 11) is 0. The topological polar surface area (TPSA) is 260 Å². The lowest BCUT2D eigenvalue weighted by atomic mass is 9.85. The second-order valence-electron chi connectivity index (χ2n) is 35.4. The summed E-state index contributed by atoms with van der Waals surface area (Å²) in [6.45, 7) is 17.3. The fourth-order valence-corrected chi connectivity index (χ4v) is 16.3. The number of aliphatic hydroxyl groups is 4. The van der Waals surface area contributed by atoms with E-state index in [-0.39, 0.29) is 50.1 Å². The molecule has 4 aromatic carbocycles. The third-order valence-corrected chi connectivity index (χ3v) is 24.0. The highest BCUT2D eigenvalue weighted by Crippen LogP contribution is 2.39. The lowest BCUT2D eigenvalue weighted by molar-refractivity contribution is -0.125. The number of carbonyl (C=O) groups excluding carboxylic acids is 4. The maximum absolute atomic E-state index is 15.0. The van der Waals surface area contributed by atoms with E-state index in [0.717, 1.165) is 320 Å². The number of fused-ring (bicyclic) bond motifs is 8. The molecular formula is C100H140N8O8. The van der Waals surface area contributed by atoms with Crippen LogP contribution in [0.5, 0.6) is 0 Å². The number of H-pyrrole nitrogens is 4. The van der Waals surface area contributed by atoms with Crippen LogP contribution in [-0.4, -0.2) is 90.4 Å². The Morgan fingerprint density at radius 1 is 0.233 bits per heavy atom. The average Bonchev–Trinajstić information content (AvgIpc) is 1.60. The van der Waals surface area contributed by atoms with Gasteiger partial charge in [0.25, 0.3) is 0 Å². The largest absolute Gasteiger partial charge is 0.396 e. The molecule has 116 heavy (non-hydrogen) atoms. The van der Waals surface area contributed by atoms with Crippen molar-refractivity contribution in [1.29, 1.82) is 0 Å². The number of amides is 4. The van der Waals surface area contributed by atoms with Crippen molar-refractivity contribution in [3.8, 4) is 0 Å². The molecule has 12 N–H and O–H groups in total. The third-order valence-electron chi connectivity index (χ3n) is 24.0. The molecule has 0 saturated carbocycles. The highest BCUT2D eigenvalue weighted by Gasteiger charge is 2.33. The summed E-state index contributed by atoms with van der Waals surface area (Å²) in [6, 6.07) is 48.8. The first-order valence-electron chi connectivity index (χ1n) is 44.4. The predicted molar refractivity (Wildman–Crippen MR) is 478 cm³/mol. The summed E-state index contributed by atoms with van der Waals surface area (Å²) in [5.41, 5.74) is 9.05. The molecule has 0 fully saturated rings. The number of aromatic nitrogens is 4. The van der Waals surface area contributed by atoms with E-state index < -0.39 is 21.7 Å². The molecule has 8 bridgehead atoms. The number of unbranched alkanes of at least 4 members (excludes halogenated alkanes) is 28. The molecule has 5 heterocycles. The molecule has 0 radical (unpaired) electrons. The van der Waals surface area contributed by atoms with Gasteiger partial charge in [0.05, 0.1) is 0 Å². The van der Waals surface area contributed by atoms with Gasteiger partial charge in [0.2, 0.25) is 23.6 Å². The zero-order valence-corrected chi connectivity index (χ0v) is 71.6. The van der Waals surface area contributed by atoms with Crippen LogP contribution in [0.1, 0.15) is 332 Å². The molecule has 8 aromatic rings. The highest BCUT2D eigenvalue weighted by atomic mass is 16.3. The van der Waals surface area contributed by atoms with Gasteiger partial charge in [-0.1, -0.05) is 308 Å². The molecule has 16 heteroatoms. The lowest BCUT2D eigenvalue weighted by Crippen LogP contribution is -2.31. The van der Waals surface area contributed by atoms with Crippen LogP contribution in [0.15, 0.2) is 146 Å². The first-order valence-corrected chi connectivity index (χ1v) is 44.4. The first kappa shape index (κ1) is 91.1. The number of nitrogens with one attached hydrogen (secondary N) is 8. The number of aromatic amines is 4. The van der Waals surface area contributed by atoms with Gasteiger partial charge in [0.15, 0.2) is 0 Å². The predicted octanol–water partition coefficient (Wildman–Crippen LogP) is 20.2. The second kappa shape index (κ2) is 46.4. The minimum absolute atomic E-state index is 0.0751. The van der Waals surface area contributed by atoms with E-state index in [1.165, 1.54) is 0 Å². The standard InChI is InChI=1S/C100H140N8O8/c1-97(2,65-41-25-17-9-13-21-29-45-69-109)93(113)105-77-53-37-33-49-73(77)89-81-57-59-83(101-81)90(74-50-34-38-54-78(74)106-94(114)98(3,4)66-42-26-18-10-14-22-30-46-70-110)85-61-63-87(103-85)92(76-52-36-40-56-80(76)108-96(116)100(7,8)68-44-28-20-12-16-24-32-48-72-112)88-64-62-86(104-88)91(84-60-58-82(89)102-84)75-51-35-39-55-79(75)107-95(115)99(5,6)67-43-27-19-11-15-23-31-47-71-111/h33-40,49-64,101-104,109-112H,9-32,41-48,65-72H2,1-8H3,(H,105,113)(H,106,114)(H,107,115)(H,108,116). The number of benzene rings is 4. The number of para-hydroxylation sites is 4. The summed E-state index contributed by atoms with van der Waals surface area (Å²) in [5.74, 6) is -0.301. The molecule has 4 aromatic heterocycles. The minimum Gasteiger partial charge on any atom is -0.396 e. The molecule has 9 rings (SSSR count). The molecule has 0 aliphatic carbocycles. The number of aliphatic hydroxyl groups excluding tert-OH is 4. The Morgan fingerprint density at radius 3 is 0.595 bits per heavy atom. The van der Waals surface area contributed by atoms with Crippen LogP contribution in [0.25, 0.3) is 22.3 Å². The summed E-state index contributed by atoms with van der Waals surface area (Å²) in [4.78, 5) is 75.8. The van der Waals surface area contributed by atoms with Crippen LogP contribution in [0.2, 0.25) is 0 Å². The number of hydrogen-bond donors (Lipinski definition) is 12. The van der Waals surface area contributed by atoms with E-state index in [9.17, 15) is 39.6 Å². The second-order valence-corrected chi connectivity index (χ2v) is 35.4. The Labute approximate surface area is 692 Å². The van der Waals surface area contributed by atoms with E-state index in [4.69, 9.17) is 0 Å². The van der Waals surface area contributed by atoms with Gasteiger partial charge in [-0.05, 0) is 124 Å². The van der Waals surface area contributed by atoms with Gasteiger partial charge in [0, 0.05) is 160 Å². The Hall–Kier alpha value is -8.80. The Kier molecular flexibility index (Phi) is 36.4. The fourth-order valence-electron chi connectivity index (χ4n) is 16.3. The molecule has 1 aliphatic heterocycles. The lowest BCUT2D eigenvalue weighted by Gasteiger charge is -2.25. The third kappa shape index (κ3) is 26.6. The van der Waals surface area contributed by atoms with Gasteiger partial charge in [-0.15, -0.1) is 0 Å². The molecule has 0 unspecified atom stereocenters. The smallest absolute Gasteiger partial charge is 0.230 e. The SMILES string of the molecule is CC(C)(CCCCCCCCCCO)C(=O)Nc1ccccc1C1=c2ccc([nH]2)=C(c2ccccc2NC(=O)C(C)(C)CCCCCCCCCCO)c2ccc([nH]2)C(c2ccccc2NC(=O)C(C)(C)CCCCCCCCCCO)=c2ccc([nH]2)=C(c2ccccc2NC(=O)C(C)(C)CCCCCCCCCCO)c2ccc1[nH]2. The quantitative estimate of drug-likeness (QED) is 0.0163. The zero-order valence-electron chi connectivity index (χ0n) is 71.6. The van der Waals surface area contributed by atoms with Gasteiger partial charge in [-0.2, -0.15) is 0 Å². The van der Waals surface area contributed by atoms with E-state index in [0.29, 0.717) is 22.7 Å². The van der Waals surface area contributed by atoms with Crippen LogP contribution in [0.3, 0.4) is 0 Å². The molecule has 1 aliphatic rings. The molecule has 4 amide bonds. The monoisotopic (exact) mass is 1580 g/mol. The van der Waals surface area contributed by atoms with Crippen molar-refractivity contribution in [3.05, 3.63) is 212 Å². The van der Waals surface area contributed by atoms with Gasteiger partial charge in [-0.25, -0.2) is 0 Å². The molecule has 16 nitrogen and oxygen atoms in total. The number of carbonyl (C=O) groups is 4. The zero-order chi connectivity index (χ0) is 82.8. The van der Waals surface area contributed by atoms with Crippen molar-refractivity contribution in [2.75, 3.05) is 47.7 Å². The van der Waals surface area contributed by atoms with Crippen molar-refractivity contribution >= 4 is 68.7 Å². The number of anilines is 4. The van der Waals surface area contributed by atoms with Crippen molar-refractivity contribution < 1.29 is 39.6 Å². The van der Waals surface area contributed by atoms with Crippen LogP contribution in [-0.2, 0) is 19.2 Å². The number of hydrogen-bond acceptors (Lipinski definition) is 8. The van der Waals surface area contributed by atoms with Crippen molar-refractivity contribution in [2.24, 2.45) is 21.7 Å². The van der Waals surface area contributed by atoms with Crippen molar-refractivity contribution in [3.63, 3.8) is 0 Å². The van der Waals surface area contributed by atoms with Crippen LogP contribution >= 0.6 is 0 Å². The van der Waals surface area contributed by atoms with Crippen molar-refractivity contribution in [1.82, 2.24) is 19.9 Å². The van der Waals surface area contributed by atoms with E-state index in [2.05, 4.69) is 114 Å². The first-order chi connectivity index (χ1) is 56.1. The summed E-state index contributed by atoms with van der Waals surface area (Å²) < 4.78 is 0. The molecule has 0 atom stereocenters.